The molecule has 1 aromatic rings. The van der Waals surface area contributed by atoms with Crippen molar-refractivity contribution in [1.82, 2.24) is 0 Å². The fourth-order valence-electron chi connectivity index (χ4n) is 1.16. The number of nitrogens with one attached hydrogen (secondary N) is 1. The molecule has 1 fully saturated rings. The smallest absolute Gasteiger partial charge is 0.256 e. The fraction of sp³-hybridized carbons (Fsp3) is 0.300. The Bertz CT molecular complexity index is 347. The first-order chi connectivity index (χ1) is 6.81. The lowest BCUT2D eigenvalue weighted by atomic mass is 10.3. The van der Waals surface area contributed by atoms with Crippen molar-refractivity contribution >= 4 is 11.6 Å². The topological polar surface area (TPSA) is 50.9 Å². The van der Waals surface area contributed by atoms with E-state index in [0.717, 1.165) is 0 Å². The van der Waals surface area contributed by atoms with Crippen molar-refractivity contribution in [1.29, 1.82) is 0 Å². The van der Waals surface area contributed by atoms with Gasteiger partial charge in [0.2, 0.25) is 0 Å². The molecule has 1 heterocycles. The van der Waals surface area contributed by atoms with Gasteiger partial charge in [-0.2, -0.15) is 0 Å². The summed E-state index contributed by atoms with van der Waals surface area (Å²) in [6, 6.07) is 7.27. The molecular weight excluding hydrogens is 182 g/mol. The van der Waals surface area contributed by atoms with Crippen molar-refractivity contribution in [2.75, 3.05) is 19.0 Å². The Labute approximate surface area is 81.8 Å². The molecule has 2 rings (SSSR count). The molecule has 74 valence electrons. The molecule has 4 nitrogen and oxygen atoms in total. The molecule has 1 aliphatic rings. The Morgan fingerprint density at radius 1 is 1.57 bits per heavy atom. The average molecular weight is 193 g/mol. The van der Waals surface area contributed by atoms with Crippen LogP contribution in [0, 0.1) is 0 Å². The van der Waals surface area contributed by atoms with E-state index in [9.17, 15) is 4.79 Å². The number of para-hydroxylation sites is 2. The van der Waals surface area contributed by atoms with Gasteiger partial charge in [-0.15, -0.1) is 0 Å². The van der Waals surface area contributed by atoms with E-state index >= 15 is 0 Å². The Kier molecular flexibility index (Phi) is 2.37. The molecule has 1 aliphatic heterocycles. The van der Waals surface area contributed by atoms with Crippen LogP contribution in [0.5, 0.6) is 5.75 Å². The SMILES string of the molecule is COc1ccccc1NC(=O)C1CO1. The number of benzene rings is 1. The molecule has 0 bridgehead atoms. The van der Waals surface area contributed by atoms with Crippen LogP contribution in [0.3, 0.4) is 0 Å². The van der Waals surface area contributed by atoms with Crippen LogP contribution in [0.1, 0.15) is 0 Å². The minimum absolute atomic E-state index is 0.116. The zero-order valence-corrected chi connectivity index (χ0v) is 7.82. The van der Waals surface area contributed by atoms with Gasteiger partial charge in [0, 0.05) is 0 Å². The summed E-state index contributed by atoms with van der Waals surface area (Å²) in [6.45, 7) is 0.515. The number of hydrogen-bond donors (Lipinski definition) is 1. The quantitative estimate of drug-likeness (QED) is 0.729. The summed E-state index contributed by atoms with van der Waals surface area (Å²) in [4.78, 5) is 11.4. The first-order valence-electron chi connectivity index (χ1n) is 4.37. The number of carbonyl (C=O) groups is 1. The van der Waals surface area contributed by atoms with E-state index in [2.05, 4.69) is 5.32 Å². The van der Waals surface area contributed by atoms with Crippen LogP contribution < -0.4 is 10.1 Å². The van der Waals surface area contributed by atoms with Crippen molar-refractivity contribution in [3.63, 3.8) is 0 Å². The van der Waals surface area contributed by atoms with Gasteiger partial charge in [0.15, 0.2) is 6.10 Å². The van der Waals surface area contributed by atoms with Crippen LogP contribution >= 0.6 is 0 Å². The second-order valence-corrected chi connectivity index (χ2v) is 3.01. The summed E-state index contributed by atoms with van der Waals surface area (Å²) in [5, 5.41) is 2.73. The van der Waals surface area contributed by atoms with E-state index in [1.807, 2.05) is 12.1 Å². The molecule has 0 radical (unpaired) electrons. The lowest BCUT2D eigenvalue weighted by molar-refractivity contribution is -0.117. The molecule has 4 heteroatoms. The zero-order chi connectivity index (χ0) is 9.97. The second-order valence-electron chi connectivity index (χ2n) is 3.01. The van der Waals surface area contributed by atoms with Gasteiger partial charge in [-0.05, 0) is 12.1 Å². The Morgan fingerprint density at radius 2 is 2.29 bits per heavy atom. The van der Waals surface area contributed by atoms with Gasteiger partial charge >= 0.3 is 0 Å². The number of amides is 1. The normalized spacial score (nSPS) is 18.8. The maximum atomic E-state index is 11.4. The van der Waals surface area contributed by atoms with Crippen molar-refractivity contribution in [2.45, 2.75) is 6.10 Å². The minimum atomic E-state index is -0.278. The molecule has 1 unspecified atom stereocenters. The molecule has 0 spiro atoms. The number of ether oxygens (including phenoxy) is 2. The van der Waals surface area contributed by atoms with Crippen molar-refractivity contribution < 1.29 is 14.3 Å². The lowest BCUT2D eigenvalue weighted by Crippen LogP contribution is -2.18. The summed E-state index contributed by atoms with van der Waals surface area (Å²) >= 11 is 0. The first kappa shape index (κ1) is 9.02. The molecule has 0 saturated carbocycles. The standard InChI is InChI=1S/C10H11NO3/c1-13-8-5-3-2-4-7(8)11-10(12)9-6-14-9/h2-5,9H,6H2,1H3,(H,11,12). The van der Waals surface area contributed by atoms with Crippen molar-refractivity contribution in [3.05, 3.63) is 24.3 Å². The fourth-order valence-corrected chi connectivity index (χ4v) is 1.16. The lowest BCUT2D eigenvalue weighted by Gasteiger charge is -2.08. The van der Waals surface area contributed by atoms with Gasteiger partial charge in [-0.25, -0.2) is 0 Å². The third-order valence-corrected chi connectivity index (χ3v) is 1.99. The van der Waals surface area contributed by atoms with Crippen LogP contribution in [-0.4, -0.2) is 25.7 Å². The van der Waals surface area contributed by atoms with Gasteiger partial charge < -0.3 is 14.8 Å². The molecule has 0 aliphatic carbocycles. The number of epoxide rings is 1. The number of methoxy groups -OCH3 is 1. The van der Waals surface area contributed by atoms with Crippen LogP contribution in [0.15, 0.2) is 24.3 Å². The minimum Gasteiger partial charge on any atom is -0.495 e. The van der Waals surface area contributed by atoms with Gasteiger partial charge in [-0.1, -0.05) is 12.1 Å². The summed E-state index contributed by atoms with van der Waals surface area (Å²) in [5.74, 6) is 0.538. The Balaban J connectivity index is 2.10. The van der Waals surface area contributed by atoms with Crippen LogP contribution in [0.2, 0.25) is 0 Å². The molecule has 1 saturated heterocycles. The zero-order valence-electron chi connectivity index (χ0n) is 7.82. The monoisotopic (exact) mass is 193 g/mol. The molecule has 1 N–H and O–H groups in total. The highest BCUT2D eigenvalue weighted by Crippen LogP contribution is 2.24. The maximum Gasteiger partial charge on any atom is 0.256 e. The predicted molar refractivity (Wildman–Crippen MR) is 51.4 cm³/mol. The molecule has 1 atom stereocenters. The van der Waals surface area contributed by atoms with Gasteiger partial charge in [0.1, 0.15) is 5.75 Å². The van der Waals surface area contributed by atoms with E-state index < -0.39 is 0 Å². The van der Waals surface area contributed by atoms with E-state index in [4.69, 9.17) is 9.47 Å². The average Bonchev–Trinajstić information content (AvgIpc) is 3.02. The summed E-state index contributed by atoms with van der Waals surface area (Å²) in [7, 11) is 1.57. The third-order valence-electron chi connectivity index (χ3n) is 1.99. The van der Waals surface area contributed by atoms with Gasteiger partial charge in [0.25, 0.3) is 5.91 Å². The van der Waals surface area contributed by atoms with Crippen LogP contribution in [-0.2, 0) is 9.53 Å². The number of hydrogen-bond acceptors (Lipinski definition) is 3. The number of anilines is 1. The molecule has 14 heavy (non-hydrogen) atoms. The van der Waals surface area contributed by atoms with E-state index in [1.54, 1.807) is 19.2 Å². The maximum absolute atomic E-state index is 11.4. The summed E-state index contributed by atoms with van der Waals surface area (Å²) in [6.07, 6.45) is -0.278. The van der Waals surface area contributed by atoms with Gasteiger partial charge in [-0.3, -0.25) is 4.79 Å². The van der Waals surface area contributed by atoms with Gasteiger partial charge in [0.05, 0.1) is 19.4 Å². The van der Waals surface area contributed by atoms with Crippen molar-refractivity contribution in [3.8, 4) is 5.75 Å². The summed E-state index contributed by atoms with van der Waals surface area (Å²) in [5.41, 5.74) is 0.676. The highest BCUT2D eigenvalue weighted by molar-refractivity contribution is 5.96. The molecule has 1 aromatic carbocycles. The predicted octanol–water partition coefficient (Wildman–Crippen LogP) is 1.03. The van der Waals surface area contributed by atoms with E-state index in [1.165, 1.54) is 0 Å². The summed E-state index contributed by atoms with van der Waals surface area (Å²) < 4.78 is 9.95. The molecule has 0 aromatic heterocycles. The number of carbonyl (C=O) groups excluding carboxylic acids is 1. The highest BCUT2D eigenvalue weighted by atomic mass is 16.6. The first-order valence-corrected chi connectivity index (χ1v) is 4.37. The molecule has 1 amide bonds. The number of rotatable bonds is 3. The Hall–Kier alpha value is -1.55. The van der Waals surface area contributed by atoms with Crippen LogP contribution in [0.4, 0.5) is 5.69 Å². The van der Waals surface area contributed by atoms with Crippen LogP contribution in [0.25, 0.3) is 0 Å². The highest BCUT2D eigenvalue weighted by Gasteiger charge is 2.31. The van der Waals surface area contributed by atoms with Crippen molar-refractivity contribution in [2.24, 2.45) is 0 Å². The Morgan fingerprint density at radius 3 is 2.93 bits per heavy atom. The molecular formula is C10H11NO3. The van der Waals surface area contributed by atoms with E-state index in [0.29, 0.717) is 18.0 Å². The largest absolute Gasteiger partial charge is 0.495 e. The van der Waals surface area contributed by atoms with E-state index in [-0.39, 0.29) is 12.0 Å². The second kappa shape index (κ2) is 3.67. The third kappa shape index (κ3) is 1.85.